The molecule has 14 nitrogen and oxygen atoms in total. The Morgan fingerprint density at radius 3 is 2.05 bits per heavy atom. The summed E-state index contributed by atoms with van der Waals surface area (Å²) in [7, 11) is 0. The van der Waals surface area contributed by atoms with Crippen molar-refractivity contribution in [2.24, 2.45) is 0 Å². The number of aryl methyl sites for hydroxylation is 1. The van der Waals surface area contributed by atoms with Gasteiger partial charge in [-0.25, -0.2) is 0 Å². The number of carbonyl (C=O) groups excluding carboxylic acids is 1. The molecule has 0 aromatic heterocycles. The molecule has 2 aliphatic heterocycles. The Bertz CT molecular complexity index is 1310. The zero-order valence-corrected chi connectivity index (χ0v) is 21.7. The molecule has 2 aromatic carbocycles. The minimum atomic E-state index is -2.50. The van der Waals surface area contributed by atoms with Gasteiger partial charge in [-0.1, -0.05) is 18.2 Å². The van der Waals surface area contributed by atoms with Crippen molar-refractivity contribution < 1.29 is 70.1 Å². The van der Waals surface area contributed by atoms with Gasteiger partial charge >= 0.3 is 0 Å². The average Bonchev–Trinajstić information content (AvgIpc) is 2.94. The number of phenols is 1. The number of ketones is 1. The van der Waals surface area contributed by atoms with Crippen molar-refractivity contribution in [2.75, 3.05) is 13.2 Å². The van der Waals surface area contributed by atoms with Crippen molar-refractivity contribution in [3.63, 3.8) is 0 Å². The first kappa shape index (κ1) is 29.8. The number of carbonyl (C=O) groups is 1. The molecular formula is C27H32O14. The third-order valence-corrected chi connectivity index (χ3v) is 7.96. The molecule has 11 atom stereocenters. The molecular weight excluding hydrogens is 548 g/mol. The van der Waals surface area contributed by atoms with Gasteiger partial charge < -0.3 is 65.3 Å². The van der Waals surface area contributed by atoms with Crippen molar-refractivity contribution in [2.45, 2.75) is 73.8 Å². The number of hydrogen-bond acceptors (Lipinski definition) is 14. The molecule has 41 heavy (non-hydrogen) atoms. The van der Waals surface area contributed by atoms with Crippen molar-refractivity contribution >= 4 is 5.78 Å². The highest BCUT2D eigenvalue weighted by Gasteiger charge is 2.58. The molecule has 3 aliphatic rings. The van der Waals surface area contributed by atoms with Crippen LogP contribution in [0.1, 0.15) is 32.6 Å². The molecule has 2 fully saturated rings. The molecule has 14 heteroatoms. The van der Waals surface area contributed by atoms with E-state index in [0.29, 0.717) is 5.56 Å². The van der Waals surface area contributed by atoms with Gasteiger partial charge in [0.15, 0.2) is 0 Å². The predicted octanol–water partition coefficient (Wildman–Crippen LogP) is -3.50. The van der Waals surface area contributed by atoms with Crippen molar-refractivity contribution in [3.8, 4) is 11.5 Å². The SMILES string of the molecule is Cc1cc(O)c2c(c1)[C@](O)([C@@H]1O[C@H](CO)[C@@H](O)[C@H](O)[C@H]1O)c1cccc(O[C@@H]3O[C@H](CO)[C@@H](O)[C@H](O)[C@H]3O)c1C2=O. The molecule has 0 saturated carbocycles. The van der Waals surface area contributed by atoms with Gasteiger partial charge in [0.25, 0.3) is 0 Å². The Hall–Kier alpha value is -2.73. The highest BCUT2D eigenvalue weighted by molar-refractivity contribution is 6.16. The molecule has 0 amide bonds. The highest BCUT2D eigenvalue weighted by Crippen LogP contribution is 2.50. The van der Waals surface area contributed by atoms with Gasteiger partial charge in [0, 0.05) is 11.1 Å². The summed E-state index contributed by atoms with van der Waals surface area (Å²) in [4.78, 5) is 13.9. The van der Waals surface area contributed by atoms with E-state index in [1.807, 2.05) is 0 Å². The van der Waals surface area contributed by atoms with Crippen LogP contribution in [-0.4, -0.2) is 131 Å². The van der Waals surface area contributed by atoms with Gasteiger partial charge in [-0.2, -0.15) is 0 Å². The van der Waals surface area contributed by atoms with Crippen LogP contribution in [0.5, 0.6) is 11.5 Å². The lowest BCUT2D eigenvalue weighted by Gasteiger charge is -2.49. The zero-order valence-electron chi connectivity index (χ0n) is 21.7. The molecule has 2 saturated heterocycles. The number of benzene rings is 2. The monoisotopic (exact) mass is 580 g/mol. The van der Waals surface area contributed by atoms with Crippen LogP contribution in [0.25, 0.3) is 0 Å². The summed E-state index contributed by atoms with van der Waals surface area (Å²) >= 11 is 0. The summed E-state index contributed by atoms with van der Waals surface area (Å²) in [6.45, 7) is 0.0376. The molecule has 0 spiro atoms. The minimum Gasteiger partial charge on any atom is -0.507 e. The van der Waals surface area contributed by atoms with Crippen molar-refractivity contribution in [3.05, 3.63) is 58.1 Å². The number of rotatable bonds is 5. The van der Waals surface area contributed by atoms with Gasteiger partial charge in [0.05, 0.1) is 24.3 Å². The first-order chi connectivity index (χ1) is 19.4. The number of phenolic OH excluding ortho intramolecular Hbond substituents is 1. The van der Waals surface area contributed by atoms with Crippen molar-refractivity contribution in [1.82, 2.24) is 0 Å². The molecule has 10 N–H and O–H groups in total. The molecule has 5 rings (SSSR count). The summed E-state index contributed by atoms with van der Waals surface area (Å²) in [5.41, 5.74) is -3.25. The van der Waals surface area contributed by atoms with Crippen LogP contribution < -0.4 is 4.74 Å². The van der Waals surface area contributed by atoms with Crippen LogP contribution in [0.4, 0.5) is 0 Å². The van der Waals surface area contributed by atoms with E-state index >= 15 is 0 Å². The standard InChI is InChI=1S/C27H32O14/c1-9-5-11-16(12(30)6-9)20(33)17-10(27(11,38)25-23(36)21(34)18(31)14(7-28)39-25)3-2-4-13(17)40-26-24(37)22(35)19(32)15(8-29)41-26/h2-6,14-15,18-19,21-26,28-32,34-38H,7-8H2,1H3/t14-,15-,18-,19-,21+,22+,23-,24-,25-,26-,27+/m1/s1. The maximum absolute atomic E-state index is 13.9. The lowest BCUT2D eigenvalue weighted by molar-refractivity contribution is -0.277. The number of hydrogen-bond donors (Lipinski definition) is 10. The van der Waals surface area contributed by atoms with E-state index in [0.717, 1.165) is 0 Å². The number of fused-ring (bicyclic) bond motifs is 2. The number of aliphatic hydroxyl groups excluding tert-OH is 8. The summed E-state index contributed by atoms with van der Waals surface area (Å²) in [6.07, 6.45) is -17.1. The first-order valence-corrected chi connectivity index (χ1v) is 12.9. The normalized spacial score (nSPS) is 38.7. The molecule has 2 heterocycles. The topological polar surface area (TPSA) is 247 Å². The fourth-order valence-corrected chi connectivity index (χ4v) is 5.80. The summed E-state index contributed by atoms with van der Waals surface area (Å²) in [5, 5.41) is 105. The second kappa shape index (κ2) is 10.8. The molecule has 2 aromatic rings. The van der Waals surface area contributed by atoms with E-state index < -0.39 is 97.1 Å². The first-order valence-electron chi connectivity index (χ1n) is 12.9. The maximum Gasteiger partial charge on any atom is 0.229 e. The second-order valence-corrected chi connectivity index (χ2v) is 10.5. The van der Waals surface area contributed by atoms with Gasteiger partial charge in [0.1, 0.15) is 72.0 Å². The Morgan fingerprint density at radius 1 is 0.805 bits per heavy atom. The second-order valence-electron chi connectivity index (χ2n) is 10.5. The van der Waals surface area contributed by atoms with Gasteiger partial charge in [-0.05, 0) is 24.6 Å². The Labute approximate surface area is 232 Å². The van der Waals surface area contributed by atoms with Crippen LogP contribution in [0.2, 0.25) is 0 Å². The van der Waals surface area contributed by atoms with Crippen LogP contribution in [-0.2, 0) is 15.1 Å². The predicted molar refractivity (Wildman–Crippen MR) is 134 cm³/mol. The summed E-state index contributed by atoms with van der Waals surface area (Å²) in [6, 6.07) is 6.55. The molecule has 0 bridgehead atoms. The Morgan fingerprint density at radius 2 is 1.41 bits per heavy atom. The summed E-state index contributed by atoms with van der Waals surface area (Å²) < 4.78 is 16.9. The quantitative estimate of drug-likeness (QED) is 0.165. The van der Waals surface area contributed by atoms with E-state index in [1.165, 1.54) is 30.3 Å². The number of aromatic hydroxyl groups is 1. The zero-order chi connectivity index (χ0) is 30.0. The van der Waals surface area contributed by atoms with Gasteiger partial charge in [-0.15, -0.1) is 0 Å². The average molecular weight is 581 g/mol. The van der Waals surface area contributed by atoms with Crippen LogP contribution in [0, 0.1) is 6.92 Å². The van der Waals surface area contributed by atoms with Crippen LogP contribution in [0.3, 0.4) is 0 Å². The number of aliphatic hydroxyl groups is 9. The number of ether oxygens (including phenoxy) is 3. The van der Waals surface area contributed by atoms with E-state index in [-0.39, 0.29) is 22.4 Å². The smallest absolute Gasteiger partial charge is 0.229 e. The minimum absolute atomic E-state index is 0.193. The fourth-order valence-electron chi connectivity index (χ4n) is 5.80. The Kier molecular flexibility index (Phi) is 7.86. The van der Waals surface area contributed by atoms with E-state index in [4.69, 9.17) is 14.2 Å². The lowest BCUT2D eigenvalue weighted by Crippen LogP contribution is -2.65. The lowest BCUT2D eigenvalue weighted by atomic mass is 9.68. The molecule has 1 aliphatic carbocycles. The van der Waals surface area contributed by atoms with Gasteiger partial charge in [0.2, 0.25) is 12.1 Å². The van der Waals surface area contributed by atoms with Gasteiger partial charge in [-0.3, -0.25) is 4.79 Å². The van der Waals surface area contributed by atoms with E-state index in [9.17, 15) is 55.9 Å². The fraction of sp³-hybridized carbons (Fsp3) is 0.519. The summed E-state index contributed by atoms with van der Waals surface area (Å²) in [5.74, 6) is -1.70. The van der Waals surface area contributed by atoms with E-state index in [1.54, 1.807) is 6.92 Å². The van der Waals surface area contributed by atoms with Crippen molar-refractivity contribution in [1.29, 1.82) is 0 Å². The molecule has 0 radical (unpaired) electrons. The largest absolute Gasteiger partial charge is 0.507 e. The third-order valence-electron chi connectivity index (χ3n) is 7.96. The van der Waals surface area contributed by atoms with Crippen LogP contribution in [0.15, 0.2) is 30.3 Å². The van der Waals surface area contributed by atoms with E-state index in [2.05, 4.69) is 0 Å². The maximum atomic E-state index is 13.9. The Balaban J connectivity index is 1.68. The molecule has 224 valence electrons. The van der Waals surface area contributed by atoms with Crippen LogP contribution >= 0.6 is 0 Å². The third kappa shape index (κ3) is 4.52. The molecule has 0 unspecified atom stereocenters. The highest BCUT2D eigenvalue weighted by atomic mass is 16.7.